The lowest BCUT2D eigenvalue weighted by atomic mass is 9.99. The number of carbonyl (C=O) groups is 1. The number of piperidine rings is 1. The van der Waals surface area contributed by atoms with Gasteiger partial charge in [-0.15, -0.1) is 0 Å². The van der Waals surface area contributed by atoms with Crippen molar-refractivity contribution < 1.29 is 4.79 Å². The maximum Gasteiger partial charge on any atom is 0.236 e. The van der Waals surface area contributed by atoms with Crippen molar-refractivity contribution in [3.8, 4) is 5.95 Å². The van der Waals surface area contributed by atoms with Gasteiger partial charge in [-0.1, -0.05) is 28.1 Å². The Bertz CT molecular complexity index is 960. The molecule has 1 aromatic carbocycles. The maximum absolute atomic E-state index is 12.6. The highest BCUT2D eigenvalue weighted by Crippen LogP contribution is 2.25. The summed E-state index contributed by atoms with van der Waals surface area (Å²) in [5.41, 5.74) is 1.21. The Labute approximate surface area is 184 Å². The van der Waals surface area contributed by atoms with Crippen molar-refractivity contribution in [2.24, 2.45) is 0 Å². The number of benzene rings is 1. The van der Waals surface area contributed by atoms with Gasteiger partial charge in [-0.05, 0) is 49.4 Å². The van der Waals surface area contributed by atoms with Crippen LogP contribution < -0.4 is 10.2 Å². The smallest absolute Gasteiger partial charge is 0.236 e. The van der Waals surface area contributed by atoms with E-state index in [-0.39, 0.29) is 11.9 Å². The summed E-state index contributed by atoms with van der Waals surface area (Å²) in [6.45, 7) is 1.54. The SMILES string of the molecule is O=C(CC1CCCCN1c1ccnc(-n2ccnc2)n1)NCCc1ccc(Br)cc1. The van der Waals surface area contributed by atoms with Crippen molar-refractivity contribution in [2.75, 3.05) is 18.0 Å². The number of halogens is 1. The van der Waals surface area contributed by atoms with Gasteiger partial charge in [0.2, 0.25) is 11.9 Å². The zero-order chi connectivity index (χ0) is 20.8. The Morgan fingerprint density at radius 1 is 1.17 bits per heavy atom. The summed E-state index contributed by atoms with van der Waals surface area (Å²) in [7, 11) is 0. The molecule has 7 nitrogen and oxygen atoms in total. The molecule has 3 aromatic rings. The van der Waals surface area contributed by atoms with Crippen molar-refractivity contribution >= 4 is 27.7 Å². The first-order chi connectivity index (χ1) is 14.7. The number of nitrogens with one attached hydrogen (secondary N) is 1. The second kappa shape index (κ2) is 9.84. The van der Waals surface area contributed by atoms with Gasteiger partial charge >= 0.3 is 0 Å². The quantitative estimate of drug-likeness (QED) is 0.573. The van der Waals surface area contributed by atoms with Gasteiger partial charge in [-0.3, -0.25) is 9.36 Å². The van der Waals surface area contributed by atoms with E-state index in [2.05, 4.69) is 48.2 Å². The molecule has 8 heteroatoms. The van der Waals surface area contributed by atoms with Gasteiger partial charge in [0, 0.05) is 48.6 Å². The van der Waals surface area contributed by atoms with Crippen molar-refractivity contribution in [1.29, 1.82) is 0 Å². The highest BCUT2D eigenvalue weighted by Gasteiger charge is 2.26. The van der Waals surface area contributed by atoms with Crippen LogP contribution in [0.15, 0.2) is 59.7 Å². The molecule has 1 saturated heterocycles. The van der Waals surface area contributed by atoms with E-state index < -0.39 is 0 Å². The molecule has 0 spiro atoms. The first-order valence-electron chi connectivity index (χ1n) is 10.3. The Morgan fingerprint density at radius 2 is 2.03 bits per heavy atom. The predicted octanol–water partition coefficient (Wildman–Crippen LogP) is 3.53. The molecule has 1 atom stereocenters. The van der Waals surface area contributed by atoms with Gasteiger partial charge in [0.05, 0.1) is 0 Å². The third-order valence-corrected chi connectivity index (χ3v) is 5.88. The summed E-state index contributed by atoms with van der Waals surface area (Å²) >= 11 is 3.44. The summed E-state index contributed by atoms with van der Waals surface area (Å²) in [6, 6.07) is 10.3. The van der Waals surface area contributed by atoms with E-state index in [1.165, 1.54) is 5.56 Å². The van der Waals surface area contributed by atoms with Gasteiger partial charge in [0.15, 0.2) is 0 Å². The van der Waals surface area contributed by atoms with E-state index >= 15 is 0 Å². The molecule has 1 aliphatic heterocycles. The molecule has 1 N–H and O–H groups in total. The van der Waals surface area contributed by atoms with Crippen LogP contribution in [0.5, 0.6) is 0 Å². The molecule has 0 aliphatic carbocycles. The fourth-order valence-electron chi connectivity index (χ4n) is 3.80. The van der Waals surface area contributed by atoms with Gasteiger partial charge in [0.25, 0.3) is 0 Å². The zero-order valence-electron chi connectivity index (χ0n) is 16.7. The number of carbonyl (C=O) groups excluding carboxylic acids is 1. The topological polar surface area (TPSA) is 75.9 Å². The van der Waals surface area contributed by atoms with Crippen LogP contribution in [0.2, 0.25) is 0 Å². The number of anilines is 1. The molecule has 1 amide bonds. The molecule has 4 rings (SSSR count). The maximum atomic E-state index is 12.6. The summed E-state index contributed by atoms with van der Waals surface area (Å²) in [5.74, 6) is 1.54. The molecule has 0 bridgehead atoms. The summed E-state index contributed by atoms with van der Waals surface area (Å²) < 4.78 is 2.85. The van der Waals surface area contributed by atoms with E-state index in [1.54, 1.807) is 23.3 Å². The van der Waals surface area contributed by atoms with Gasteiger partial charge < -0.3 is 10.2 Å². The van der Waals surface area contributed by atoms with Crippen LogP contribution >= 0.6 is 15.9 Å². The molecular formula is C22H25BrN6O. The minimum absolute atomic E-state index is 0.0906. The Balaban J connectivity index is 1.36. The average molecular weight is 469 g/mol. The number of hydrogen-bond acceptors (Lipinski definition) is 5. The van der Waals surface area contributed by atoms with Crippen LogP contribution in [0.25, 0.3) is 5.95 Å². The molecule has 1 fully saturated rings. The van der Waals surface area contributed by atoms with Crippen LogP contribution in [0, 0.1) is 0 Å². The van der Waals surface area contributed by atoms with Crippen molar-refractivity contribution in [3.63, 3.8) is 0 Å². The lowest BCUT2D eigenvalue weighted by Gasteiger charge is -2.36. The van der Waals surface area contributed by atoms with E-state index in [9.17, 15) is 4.79 Å². The summed E-state index contributed by atoms with van der Waals surface area (Å²) in [5, 5.41) is 3.08. The fourth-order valence-corrected chi connectivity index (χ4v) is 4.06. The summed E-state index contributed by atoms with van der Waals surface area (Å²) in [6.07, 6.45) is 11.5. The summed E-state index contributed by atoms with van der Waals surface area (Å²) in [4.78, 5) is 28.0. The van der Waals surface area contributed by atoms with Crippen LogP contribution in [-0.4, -0.2) is 44.6 Å². The largest absolute Gasteiger partial charge is 0.356 e. The van der Waals surface area contributed by atoms with Gasteiger partial charge in [-0.2, -0.15) is 4.98 Å². The monoisotopic (exact) mass is 468 g/mol. The second-order valence-electron chi connectivity index (χ2n) is 7.46. The fraction of sp³-hybridized carbons (Fsp3) is 0.364. The number of nitrogens with zero attached hydrogens (tertiary/aromatic N) is 5. The number of amides is 1. The molecule has 1 unspecified atom stereocenters. The Hall–Kier alpha value is -2.74. The predicted molar refractivity (Wildman–Crippen MR) is 120 cm³/mol. The molecule has 0 saturated carbocycles. The molecule has 3 heterocycles. The minimum Gasteiger partial charge on any atom is -0.356 e. The van der Waals surface area contributed by atoms with Crippen LogP contribution in [0.3, 0.4) is 0 Å². The van der Waals surface area contributed by atoms with Gasteiger partial charge in [0.1, 0.15) is 12.1 Å². The van der Waals surface area contributed by atoms with Crippen molar-refractivity contribution in [3.05, 3.63) is 65.3 Å². The molecule has 0 radical (unpaired) electrons. The van der Waals surface area contributed by atoms with Crippen molar-refractivity contribution in [2.45, 2.75) is 38.1 Å². The zero-order valence-corrected chi connectivity index (χ0v) is 18.3. The number of imidazole rings is 1. The van der Waals surface area contributed by atoms with Crippen LogP contribution in [-0.2, 0) is 11.2 Å². The van der Waals surface area contributed by atoms with Crippen LogP contribution in [0.1, 0.15) is 31.2 Å². The first-order valence-corrected chi connectivity index (χ1v) is 11.1. The third-order valence-electron chi connectivity index (χ3n) is 5.36. The number of aromatic nitrogens is 4. The molecule has 30 heavy (non-hydrogen) atoms. The number of hydrogen-bond donors (Lipinski definition) is 1. The molecule has 2 aromatic heterocycles. The first kappa shape index (κ1) is 20.5. The lowest BCUT2D eigenvalue weighted by molar-refractivity contribution is -0.121. The Kier molecular flexibility index (Phi) is 6.74. The normalized spacial score (nSPS) is 16.4. The molecular weight excluding hydrogens is 444 g/mol. The van der Waals surface area contributed by atoms with E-state index in [4.69, 9.17) is 4.98 Å². The van der Waals surface area contributed by atoms with Crippen LogP contribution in [0.4, 0.5) is 5.82 Å². The minimum atomic E-state index is 0.0906. The highest BCUT2D eigenvalue weighted by molar-refractivity contribution is 9.10. The highest BCUT2D eigenvalue weighted by atomic mass is 79.9. The van der Waals surface area contributed by atoms with E-state index in [1.807, 2.05) is 24.4 Å². The van der Waals surface area contributed by atoms with Crippen molar-refractivity contribution in [1.82, 2.24) is 24.8 Å². The van der Waals surface area contributed by atoms with Gasteiger partial charge in [-0.25, -0.2) is 9.97 Å². The number of rotatable bonds is 7. The Morgan fingerprint density at radius 3 is 2.83 bits per heavy atom. The lowest BCUT2D eigenvalue weighted by Crippen LogP contribution is -2.43. The average Bonchev–Trinajstić information content (AvgIpc) is 3.31. The van der Waals surface area contributed by atoms with E-state index in [0.29, 0.717) is 18.9 Å². The third kappa shape index (κ3) is 5.24. The molecule has 1 aliphatic rings. The second-order valence-corrected chi connectivity index (χ2v) is 8.37. The van der Waals surface area contributed by atoms with E-state index in [0.717, 1.165) is 42.5 Å². The molecule has 156 valence electrons. The standard InChI is InChI=1S/C22H25BrN6O/c23-18-6-4-17(5-7-18)8-10-25-21(30)15-19-3-1-2-13-29(19)20-9-11-26-22(27-20)28-14-12-24-16-28/h4-7,9,11-12,14,16,19H,1-3,8,10,13,15H2,(H,25,30).